The second-order valence-corrected chi connectivity index (χ2v) is 1.91. The van der Waals surface area contributed by atoms with Crippen LogP contribution in [-0.2, 0) is 4.79 Å². The normalized spacial score (nSPS) is 17.3. The summed E-state index contributed by atoms with van der Waals surface area (Å²) in [6.45, 7) is 2.27. The Morgan fingerprint density at radius 3 is 2.33 bits per heavy atom. The summed E-state index contributed by atoms with van der Waals surface area (Å²) in [4.78, 5) is 15.9. The number of hydrogen-bond donors (Lipinski definition) is 0. The van der Waals surface area contributed by atoms with E-state index in [1.54, 1.807) is 0 Å². The van der Waals surface area contributed by atoms with Crippen LogP contribution in [0.2, 0.25) is 0 Å². The van der Waals surface area contributed by atoms with E-state index in [9.17, 15) is 4.79 Å². The van der Waals surface area contributed by atoms with Crippen molar-refractivity contribution in [3.8, 4) is 0 Å². The van der Waals surface area contributed by atoms with Gasteiger partial charge in [0.1, 0.15) is 5.84 Å². The quantitative estimate of drug-likeness (QED) is 0.406. The smallest absolute Gasteiger partial charge is 0.266 e. The summed E-state index contributed by atoms with van der Waals surface area (Å²) < 4.78 is 0. The van der Waals surface area contributed by atoms with E-state index in [4.69, 9.17) is 0 Å². The van der Waals surface area contributed by atoms with Crippen LogP contribution < -0.4 is 0 Å². The molecule has 0 fully saturated rings. The lowest BCUT2D eigenvalue weighted by atomic mass is 10.6. The Bertz CT molecular complexity index is 155. The van der Waals surface area contributed by atoms with E-state index >= 15 is 0 Å². The van der Waals surface area contributed by atoms with Gasteiger partial charge in [-0.2, -0.15) is 4.99 Å². The third-order valence-corrected chi connectivity index (χ3v) is 1.21. The summed E-state index contributed by atoms with van der Waals surface area (Å²) in [6, 6.07) is 0. The van der Waals surface area contributed by atoms with Crippen LogP contribution in [-0.4, -0.2) is 38.6 Å². The molecule has 4 heteroatoms. The number of likely N-dealkylation sites (N-methyl/N-ethyl adjacent to an activating group) is 1. The topological polar surface area (TPSA) is 32.7 Å². The molecule has 0 aromatic heterocycles. The van der Waals surface area contributed by atoms with Crippen molar-refractivity contribution >= 4 is 20.2 Å². The van der Waals surface area contributed by atoms with E-state index in [0.29, 0.717) is 6.54 Å². The molecule has 9 heavy (non-hydrogen) atoms. The molecule has 1 aliphatic rings. The first-order valence-corrected chi connectivity index (χ1v) is 2.49. The van der Waals surface area contributed by atoms with Crippen molar-refractivity contribution in [2.45, 2.75) is 6.92 Å². The molecule has 0 spiro atoms. The van der Waals surface area contributed by atoms with Crippen molar-refractivity contribution in [1.29, 1.82) is 0 Å². The summed E-state index contributed by atoms with van der Waals surface area (Å²) in [5.41, 5.74) is 0. The lowest BCUT2D eigenvalue weighted by Crippen LogP contribution is -2.20. The molecule has 0 saturated carbocycles. The van der Waals surface area contributed by atoms with E-state index in [1.807, 2.05) is 18.9 Å². The summed E-state index contributed by atoms with van der Waals surface area (Å²) in [5.74, 6) is 0.778. The van der Waals surface area contributed by atoms with Gasteiger partial charge in [0.05, 0.1) is 6.54 Å². The van der Waals surface area contributed by atoms with Gasteiger partial charge in [-0.25, -0.2) is 0 Å². The van der Waals surface area contributed by atoms with Crippen LogP contribution in [0.3, 0.4) is 0 Å². The zero-order valence-corrected chi connectivity index (χ0v) is 5.59. The van der Waals surface area contributed by atoms with Gasteiger partial charge < -0.3 is 4.90 Å². The third-order valence-electron chi connectivity index (χ3n) is 1.21. The van der Waals surface area contributed by atoms with Crippen molar-refractivity contribution < 1.29 is 4.79 Å². The standard InChI is InChI=1S/C5H8N2O.B/c1-4-6-5(8)3-7(4)2;/h3H2,1-2H3;. The average molecular weight is 123 g/mol. The number of rotatable bonds is 0. The van der Waals surface area contributed by atoms with Crippen molar-refractivity contribution in [2.24, 2.45) is 4.99 Å². The summed E-state index contributed by atoms with van der Waals surface area (Å²) >= 11 is 0. The molecule has 47 valence electrons. The Labute approximate surface area is 56.3 Å². The molecule has 1 rings (SSSR count). The van der Waals surface area contributed by atoms with Crippen molar-refractivity contribution in [3.05, 3.63) is 0 Å². The van der Waals surface area contributed by atoms with Gasteiger partial charge in [-0.15, -0.1) is 0 Å². The van der Waals surface area contributed by atoms with E-state index in [-0.39, 0.29) is 14.3 Å². The Hall–Kier alpha value is -0.795. The second kappa shape index (κ2) is 2.66. The molecule has 0 aliphatic carbocycles. The van der Waals surface area contributed by atoms with Crippen molar-refractivity contribution in [1.82, 2.24) is 4.90 Å². The van der Waals surface area contributed by atoms with Gasteiger partial charge in [0.15, 0.2) is 0 Å². The van der Waals surface area contributed by atoms with Crippen LogP contribution in [0.5, 0.6) is 0 Å². The highest BCUT2D eigenvalue weighted by atomic mass is 16.2. The van der Waals surface area contributed by atoms with Crippen LogP contribution in [0, 0.1) is 0 Å². The predicted octanol–water partition coefficient (Wildman–Crippen LogP) is -0.504. The maximum Gasteiger partial charge on any atom is 0.266 e. The lowest BCUT2D eigenvalue weighted by molar-refractivity contribution is -0.116. The molecular weight excluding hydrogens is 115 g/mol. The second-order valence-electron chi connectivity index (χ2n) is 1.91. The SMILES string of the molecule is CC1=NC(=O)CN1C.[B]. The summed E-state index contributed by atoms with van der Waals surface area (Å²) in [7, 11) is 1.85. The lowest BCUT2D eigenvalue weighted by Gasteiger charge is -2.05. The number of amides is 1. The first kappa shape index (κ1) is 8.20. The third kappa shape index (κ3) is 1.55. The molecule has 1 aliphatic heterocycles. The predicted molar refractivity (Wildman–Crippen MR) is 36.5 cm³/mol. The fourth-order valence-electron chi connectivity index (χ4n) is 0.618. The first-order chi connectivity index (χ1) is 3.70. The fourth-order valence-corrected chi connectivity index (χ4v) is 0.618. The van der Waals surface area contributed by atoms with Gasteiger partial charge in [-0.3, -0.25) is 4.79 Å². The first-order valence-electron chi connectivity index (χ1n) is 2.49. The molecule has 0 saturated heterocycles. The van der Waals surface area contributed by atoms with Gasteiger partial charge in [0.2, 0.25) is 0 Å². The fraction of sp³-hybridized carbons (Fsp3) is 0.600. The molecule has 0 atom stereocenters. The van der Waals surface area contributed by atoms with E-state index < -0.39 is 0 Å². The molecule has 0 unspecified atom stereocenters. The number of carbonyl (C=O) groups is 1. The zero-order valence-electron chi connectivity index (χ0n) is 5.59. The van der Waals surface area contributed by atoms with Gasteiger partial charge in [0.25, 0.3) is 5.91 Å². The van der Waals surface area contributed by atoms with Crippen LogP contribution >= 0.6 is 0 Å². The van der Waals surface area contributed by atoms with E-state index in [2.05, 4.69) is 4.99 Å². The zero-order chi connectivity index (χ0) is 6.15. The Morgan fingerprint density at radius 1 is 1.67 bits per heavy atom. The minimum atomic E-state index is -0.0370. The largest absolute Gasteiger partial charge is 0.354 e. The highest BCUT2D eigenvalue weighted by Gasteiger charge is 2.13. The van der Waals surface area contributed by atoms with Gasteiger partial charge in [-0.1, -0.05) is 0 Å². The Kier molecular flexibility index (Phi) is 2.43. The summed E-state index contributed by atoms with van der Waals surface area (Å²) in [6.07, 6.45) is 0. The Morgan fingerprint density at radius 2 is 2.22 bits per heavy atom. The van der Waals surface area contributed by atoms with Crippen LogP contribution in [0.15, 0.2) is 4.99 Å². The van der Waals surface area contributed by atoms with E-state index in [1.165, 1.54) is 0 Å². The highest BCUT2D eigenvalue weighted by molar-refractivity contribution is 6.00. The number of amidine groups is 1. The summed E-state index contributed by atoms with van der Waals surface area (Å²) in [5, 5.41) is 0. The van der Waals surface area contributed by atoms with Crippen LogP contribution in [0.25, 0.3) is 0 Å². The molecule has 3 nitrogen and oxygen atoms in total. The monoisotopic (exact) mass is 123 g/mol. The molecule has 0 aromatic carbocycles. The van der Waals surface area contributed by atoms with Crippen LogP contribution in [0.4, 0.5) is 0 Å². The maximum absolute atomic E-state index is 10.4. The molecule has 3 radical (unpaired) electrons. The number of carbonyl (C=O) groups excluding carboxylic acids is 1. The molecule has 0 aromatic rings. The van der Waals surface area contributed by atoms with Crippen LogP contribution in [0.1, 0.15) is 6.92 Å². The van der Waals surface area contributed by atoms with E-state index in [0.717, 1.165) is 5.84 Å². The number of hydrogen-bond acceptors (Lipinski definition) is 2. The van der Waals surface area contributed by atoms with Gasteiger partial charge in [0, 0.05) is 15.5 Å². The molecular formula is C5H8BN2O. The number of aliphatic imine (C=N–C) groups is 1. The Balaban J connectivity index is 0.000000640. The van der Waals surface area contributed by atoms with Crippen molar-refractivity contribution in [3.63, 3.8) is 0 Å². The van der Waals surface area contributed by atoms with Crippen molar-refractivity contribution in [2.75, 3.05) is 13.6 Å². The molecule has 1 amide bonds. The minimum absolute atomic E-state index is 0. The average Bonchev–Trinajstić information content (AvgIpc) is 1.85. The van der Waals surface area contributed by atoms with Gasteiger partial charge in [-0.05, 0) is 6.92 Å². The number of nitrogens with zero attached hydrogens (tertiary/aromatic N) is 2. The molecule has 0 bridgehead atoms. The van der Waals surface area contributed by atoms with Gasteiger partial charge >= 0.3 is 0 Å². The molecule has 1 heterocycles. The minimum Gasteiger partial charge on any atom is -0.354 e. The highest BCUT2D eigenvalue weighted by Crippen LogP contribution is 1.96. The molecule has 0 N–H and O–H groups in total. The maximum atomic E-state index is 10.4.